The van der Waals surface area contributed by atoms with E-state index in [1.165, 1.54) is 63.4 Å². The molecule has 4 rings (SSSR count). The van der Waals surface area contributed by atoms with Crippen LogP contribution in [0.2, 0.25) is 0 Å². The first-order valence-corrected chi connectivity index (χ1v) is 13.2. The number of ether oxygens (including phenoxy) is 1. The van der Waals surface area contributed by atoms with E-state index in [2.05, 4.69) is 41.9 Å². The number of hydrogen-bond donors (Lipinski definition) is 1. The number of rotatable bonds is 11. The number of hydrogen-bond acceptors (Lipinski definition) is 4. The highest BCUT2D eigenvalue weighted by Crippen LogP contribution is 2.33. The van der Waals surface area contributed by atoms with Crippen molar-refractivity contribution in [3.8, 4) is 17.0 Å². The monoisotopic (exact) mass is 461 g/mol. The minimum Gasteiger partial charge on any atom is -0.427 e. The van der Waals surface area contributed by atoms with E-state index in [1.807, 2.05) is 24.3 Å². The summed E-state index contributed by atoms with van der Waals surface area (Å²) in [6.07, 6.45) is 15.8. The van der Waals surface area contributed by atoms with Crippen LogP contribution in [0, 0.1) is 6.92 Å². The molecular formula is C29H39N3O2. The van der Waals surface area contributed by atoms with E-state index in [1.54, 1.807) is 0 Å². The Hall–Kier alpha value is -2.82. The van der Waals surface area contributed by atoms with Gasteiger partial charge in [0.25, 0.3) is 0 Å². The standard InChI is InChI=1S/C29H39N3O2/c1-3-4-5-6-7-11-17-27(33)34-25-16-12-13-23(21-25)28-29(30-24-14-9-8-10-15-24)32-19-18-22(2)20-26(32)31-28/h12-13,16,18-21,24,30H,3-11,14-15,17H2,1-2H3. The second-order valence-corrected chi connectivity index (χ2v) is 9.74. The molecule has 1 saturated carbocycles. The van der Waals surface area contributed by atoms with E-state index in [0.717, 1.165) is 35.6 Å². The number of carbonyl (C=O) groups is 1. The minimum atomic E-state index is -0.154. The molecule has 2 heterocycles. The number of pyridine rings is 1. The third-order valence-corrected chi connectivity index (χ3v) is 6.80. The number of anilines is 1. The number of nitrogens with one attached hydrogen (secondary N) is 1. The first kappa shape index (κ1) is 24.3. The highest BCUT2D eigenvalue weighted by atomic mass is 16.5. The molecule has 2 aromatic heterocycles. The molecule has 5 nitrogen and oxygen atoms in total. The van der Waals surface area contributed by atoms with Gasteiger partial charge in [-0.25, -0.2) is 4.98 Å². The van der Waals surface area contributed by atoms with Crippen molar-refractivity contribution in [1.29, 1.82) is 0 Å². The molecule has 182 valence electrons. The van der Waals surface area contributed by atoms with Crippen molar-refractivity contribution in [2.75, 3.05) is 5.32 Å². The second kappa shape index (κ2) is 12.0. The summed E-state index contributed by atoms with van der Waals surface area (Å²) in [5, 5.41) is 3.79. The van der Waals surface area contributed by atoms with Gasteiger partial charge in [0, 0.05) is 24.2 Å². The molecule has 0 aliphatic heterocycles. The summed E-state index contributed by atoms with van der Waals surface area (Å²) in [7, 11) is 0. The summed E-state index contributed by atoms with van der Waals surface area (Å²) in [4.78, 5) is 17.4. The molecule has 0 spiro atoms. The lowest BCUT2D eigenvalue weighted by Gasteiger charge is -2.24. The number of nitrogens with zero attached hydrogens (tertiary/aromatic N) is 2. The summed E-state index contributed by atoms with van der Waals surface area (Å²) in [5.74, 6) is 1.46. The molecule has 0 radical (unpaired) electrons. The van der Waals surface area contributed by atoms with Crippen LogP contribution in [0.1, 0.15) is 89.5 Å². The van der Waals surface area contributed by atoms with Crippen molar-refractivity contribution in [3.63, 3.8) is 0 Å². The lowest BCUT2D eigenvalue weighted by molar-refractivity contribution is -0.134. The van der Waals surface area contributed by atoms with E-state index in [-0.39, 0.29) is 5.97 Å². The van der Waals surface area contributed by atoms with Gasteiger partial charge in [-0.15, -0.1) is 0 Å². The molecule has 1 N–H and O–H groups in total. The normalized spacial score (nSPS) is 14.4. The van der Waals surface area contributed by atoms with Gasteiger partial charge in [-0.2, -0.15) is 0 Å². The van der Waals surface area contributed by atoms with Crippen molar-refractivity contribution in [3.05, 3.63) is 48.2 Å². The third-order valence-electron chi connectivity index (χ3n) is 6.80. The fourth-order valence-corrected chi connectivity index (χ4v) is 4.87. The topological polar surface area (TPSA) is 55.6 Å². The van der Waals surface area contributed by atoms with Crippen LogP contribution in [0.5, 0.6) is 5.75 Å². The Bertz CT molecular complexity index is 1080. The molecule has 5 heteroatoms. The van der Waals surface area contributed by atoms with Crippen LogP contribution in [0.3, 0.4) is 0 Å². The number of imidazole rings is 1. The zero-order valence-electron chi connectivity index (χ0n) is 20.8. The molecule has 3 aromatic rings. The Morgan fingerprint density at radius 3 is 2.68 bits per heavy atom. The van der Waals surface area contributed by atoms with Gasteiger partial charge in [0.1, 0.15) is 22.9 Å². The number of unbranched alkanes of at least 4 members (excludes halogenated alkanes) is 5. The maximum atomic E-state index is 12.4. The summed E-state index contributed by atoms with van der Waals surface area (Å²) in [5.41, 5.74) is 3.99. The Balaban J connectivity index is 1.49. The van der Waals surface area contributed by atoms with E-state index in [9.17, 15) is 4.79 Å². The highest BCUT2D eigenvalue weighted by molar-refractivity contribution is 5.79. The number of aryl methyl sites for hydroxylation is 1. The number of aromatic nitrogens is 2. The molecule has 0 unspecified atom stereocenters. The van der Waals surface area contributed by atoms with Crippen LogP contribution in [0.4, 0.5) is 5.82 Å². The average molecular weight is 462 g/mol. The van der Waals surface area contributed by atoms with E-state index in [0.29, 0.717) is 18.2 Å². The van der Waals surface area contributed by atoms with E-state index < -0.39 is 0 Å². The second-order valence-electron chi connectivity index (χ2n) is 9.74. The lowest BCUT2D eigenvalue weighted by atomic mass is 9.95. The molecule has 0 bridgehead atoms. The molecule has 1 fully saturated rings. The summed E-state index contributed by atoms with van der Waals surface area (Å²) >= 11 is 0. The maximum absolute atomic E-state index is 12.4. The van der Waals surface area contributed by atoms with Crippen molar-refractivity contribution in [1.82, 2.24) is 9.38 Å². The molecule has 1 aliphatic carbocycles. The Kier molecular flexibility index (Phi) is 8.62. The molecule has 1 aromatic carbocycles. The molecule has 0 saturated heterocycles. The van der Waals surface area contributed by atoms with Gasteiger partial charge in [-0.05, 0) is 56.0 Å². The van der Waals surface area contributed by atoms with Crippen LogP contribution in [0.25, 0.3) is 16.9 Å². The van der Waals surface area contributed by atoms with Crippen molar-refractivity contribution in [2.45, 2.75) is 96.9 Å². The van der Waals surface area contributed by atoms with Gasteiger partial charge in [0.2, 0.25) is 0 Å². The summed E-state index contributed by atoms with van der Waals surface area (Å²) < 4.78 is 7.84. The summed E-state index contributed by atoms with van der Waals surface area (Å²) in [6.45, 7) is 4.31. The zero-order valence-corrected chi connectivity index (χ0v) is 20.8. The average Bonchev–Trinajstić information content (AvgIpc) is 3.19. The highest BCUT2D eigenvalue weighted by Gasteiger charge is 2.20. The number of carbonyl (C=O) groups excluding carboxylic acids is 1. The Labute approximate surface area is 203 Å². The molecule has 1 aliphatic rings. The number of benzene rings is 1. The summed E-state index contributed by atoms with van der Waals surface area (Å²) in [6, 6.07) is 12.5. The molecular weight excluding hydrogens is 422 g/mol. The Morgan fingerprint density at radius 2 is 1.85 bits per heavy atom. The predicted octanol–water partition coefficient (Wildman–Crippen LogP) is 7.71. The SMILES string of the molecule is CCCCCCCCC(=O)Oc1cccc(-c2nc3cc(C)ccn3c2NC2CCCCC2)c1. The van der Waals surface area contributed by atoms with Gasteiger partial charge in [-0.3, -0.25) is 9.20 Å². The lowest BCUT2D eigenvalue weighted by Crippen LogP contribution is -2.23. The van der Waals surface area contributed by atoms with E-state index in [4.69, 9.17) is 9.72 Å². The number of esters is 1. The first-order chi connectivity index (χ1) is 16.6. The van der Waals surface area contributed by atoms with Crippen LogP contribution in [-0.2, 0) is 4.79 Å². The first-order valence-electron chi connectivity index (χ1n) is 13.2. The van der Waals surface area contributed by atoms with Gasteiger partial charge in [-0.1, -0.05) is 70.4 Å². The van der Waals surface area contributed by atoms with E-state index >= 15 is 0 Å². The fourth-order valence-electron chi connectivity index (χ4n) is 4.87. The van der Waals surface area contributed by atoms with Gasteiger partial charge < -0.3 is 10.1 Å². The maximum Gasteiger partial charge on any atom is 0.311 e. The minimum absolute atomic E-state index is 0.154. The van der Waals surface area contributed by atoms with Crippen LogP contribution >= 0.6 is 0 Å². The molecule has 0 atom stereocenters. The fraction of sp³-hybridized carbons (Fsp3) is 0.517. The molecule has 0 amide bonds. The van der Waals surface area contributed by atoms with Crippen LogP contribution in [0.15, 0.2) is 42.6 Å². The van der Waals surface area contributed by atoms with Crippen LogP contribution < -0.4 is 10.1 Å². The smallest absolute Gasteiger partial charge is 0.311 e. The zero-order chi connectivity index (χ0) is 23.8. The van der Waals surface area contributed by atoms with Gasteiger partial charge in [0.15, 0.2) is 0 Å². The largest absolute Gasteiger partial charge is 0.427 e. The van der Waals surface area contributed by atoms with Crippen molar-refractivity contribution in [2.24, 2.45) is 0 Å². The van der Waals surface area contributed by atoms with Crippen molar-refractivity contribution < 1.29 is 9.53 Å². The third kappa shape index (κ3) is 6.40. The van der Waals surface area contributed by atoms with Crippen molar-refractivity contribution >= 4 is 17.4 Å². The Morgan fingerprint density at radius 1 is 1.06 bits per heavy atom. The van der Waals surface area contributed by atoms with Gasteiger partial charge in [0.05, 0.1) is 0 Å². The quantitative estimate of drug-likeness (QED) is 0.180. The molecule has 34 heavy (non-hydrogen) atoms. The van der Waals surface area contributed by atoms with Gasteiger partial charge >= 0.3 is 5.97 Å². The van der Waals surface area contributed by atoms with Crippen LogP contribution in [-0.4, -0.2) is 21.4 Å². The predicted molar refractivity (Wildman–Crippen MR) is 139 cm³/mol. The number of fused-ring (bicyclic) bond motifs is 1.